The highest BCUT2D eigenvalue weighted by atomic mass is 32.1. The molecule has 3 rings (SSSR count). The van der Waals surface area contributed by atoms with Crippen molar-refractivity contribution in [2.75, 3.05) is 27.2 Å². The van der Waals surface area contributed by atoms with Gasteiger partial charge in [0, 0.05) is 45.2 Å². The van der Waals surface area contributed by atoms with Crippen molar-refractivity contribution < 1.29 is 9.59 Å². The van der Waals surface area contributed by atoms with E-state index in [1.54, 1.807) is 37.3 Å². The Bertz CT molecular complexity index is 867. The van der Waals surface area contributed by atoms with Gasteiger partial charge in [0.15, 0.2) is 0 Å². The molecule has 2 amide bonds. The number of nitrogens with zero attached hydrogens (tertiary/aromatic N) is 3. The fourth-order valence-electron chi connectivity index (χ4n) is 3.05. The van der Waals surface area contributed by atoms with Crippen LogP contribution in [0, 0.1) is 0 Å². The molecule has 0 radical (unpaired) electrons. The number of aryl methyl sites for hydroxylation is 1. The van der Waals surface area contributed by atoms with Crippen LogP contribution in [0.5, 0.6) is 0 Å². The van der Waals surface area contributed by atoms with Crippen LogP contribution in [0.15, 0.2) is 18.2 Å². The van der Waals surface area contributed by atoms with E-state index >= 15 is 0 Å². The fraction of sp³-hybridized carbons (Fsp3) is 0.421. The molecule has 6 heteroatoms. The first-order valence-electron chi connectivity index (χ1n) is 8.50. The lowest BCUT2D eigenvalue weighted by Gasteiger charge is -2.25. The van der Waals surface area contributed by atoms with E-state index in [9.17, 15) is 9.59 Å². The Kier molecular flexibility index (Phi) is 4.90. The number of carbonyl (C=O) groups is 2. The summed E-state index contributed by atoms with van der Waals surface area (Å²) in [7, 11) is 3.53. The molecular weight excluding hydrogens is 334 g/mol. The van der Waals surface area contributed by atoms with Crippen LogP contribution in [0.25, 0.3) is 15.8 Å². The first-order chi connectivity index (χ1) is 11.9. The Morgan fingerprint density at radius 1 is 1.32 bits per heavy atom. The average Bonchev–Trinajstić information content (AvgIpc) is 3.04. The smallest absolute Gasteiger partial charge is 0.253 e. The van der Waals surface area contributed by atoms with Gasteiger partial charge in [-0.05, 0) is 30.5 Å². The molecule has 2 heterocycles. The van der Waals surface area contributed by atoms with E-state index in [-0.39, 0.29) is 11.8 Å². The van der Waals surface area contributed by atoms with Gasteiger partial charge in [0.1, 0.15) is 5.01 Å². The number of rotatable bonds is 3. The maximum atomic E-state index is 12.3. The highest BCUT2D eigenvalue weighted by molar-refractivity contribution is 7.19. The number of carbonyl (C=O) groups excluding carboxylic acids is 2. The summed E-state index contributed by atoms with van der Waals surface area (Å²) in [5, 5.41) is 0.949. The SMILES string of the molecule is CCc1cc(C(=O)N(C)C)cc2sc(C3=CCCN(C(C)=O)C3)nc12. The molecule has 1 aliphatic rings. The maximum absolute atomic E-state index is 12.3. The topological polar surface area (TPSA) is 53.5 Å². The molecular formula is C19H23N3O2S. The predicted molar refractivity (Wildman–Crippen MR) is 102 cm³/mol. The lowest BCUT2D eigenvalue weighted by molar-refractivity contribution is -0.128. The van der Waals surface area contributed by atoms with E-state index in [2.05, 4.69) is 13.0 Å². The highest BCUT2D eigenvalue weighted by Gasteiger charge is 2.20. The molecule has 5 nitrogen and oxygen atoms in total. The third-order valence-corrected chi connectivity index (χ3v) is 5.56. The number of aromatic nitrogens is 1. The van der Waals surface area contributed by atoms with Gasteiger partial charge in [-0.3, -0.25) is 9.59 Å². The minimum atomic E-state index is 0.00573. The number of thiazole rings is 1. The van der Waals surface area contributed by atoms with Crippen molar-refractivity contribution >= 4 is 38.9 Å². The summed E-state index contributed by atoms with van der Waals surface area (Å²) in [5.41, 5.74) is 3.86. The minimum Gasteiger partial charge on any atom is -0.345 e. The second-order valence-electron chi connectivity index (χ2n) is 6.51. The number of fused-ring (bicyclic) bond motifs is 1. The molecule has 2 aromatic rings. The molecule has 0 bridgehead atoms. The van der Waals surface area contributed by atoms with Gasteiger partial charge in [-0.2, -0.15) is 0 Å². The van der Waals surface area contributed by atoms with Gasteiger partial charge in [0.2, 0.25) is 5.91 Å². The summed E-state index contributed by atoms with van der Waals surface area (Å²) in [5.74, 6) is 0.103. The van der Waals surface area contributed by atoms with Crippen molar-refractivity contribution in [2.45, 2.75) is 26.7 Å². The van der Waals surface area contributed by atoms with Crippen molar-refractivity contribution in [3.8, 4) is 0 Å². The zero-order chi connectivity index (χ0) is 18.1. The van der Waals surface area contributed by atoms with Crippen LogP contribution < -0.4 is 0 Å². The van der Waals surface area contributed by atoms with Crippen LogP contribution in [0.4, 0.5) is 0 Å². The molecule has 1 aromatic carbocycles. The standard InChI is InChI=1S/C19H23N3O2S/c1-5-13-9-15(19(24)21(3)4)10-16-17(13)20-18(25-16)14-7-6-8-22(11-14)12(2)23/h7,9-10H,5-6,8,11H2,1-4H3. The Morgan fingerprint density at radius 2 is 2.08 bits per heavy atom. The molecule has 25 heavy (non-hydrogen) atoms. The molecule has 1 aliphatic heterocycles. The Labute approximate surface area is 151 Å². The summed E-state index contributed by atoms with van der Waals surface area (Å²) in [6.45, 7) is 5.07. The number of hydrogen-bond acceptors (Lipinski definition) is 4. The molecule has 0 saturated heterocycles. The third kappa shape index (κ3) is 3.44. The Balaban J connectivity index is 2.03. The molecule has 0 atom stereocenters. The molecule has 0 N–H and O–H groups in total. The number of benzene rings is 1. The summed E-state index contributed by atoms with van der Waals surface area (Å²) >= 11 is 1.60. The van der Waals surface area contributed by atoms with Gasteiger partial charge in [-0.1, -0.05) is 13.0 Å². The lowest BCUT2D eigenvalue weighted by atomic mass is 10.1. The van der Waals surface area contributed by atoms with Gasteiger partial charge in [0.05, 0.1) is 10.2 Å². The zero-order valence-electron chi connectivity index (χ0n) is 15.1. The van der Waals surface area contributed by atoms with Crippen LogP contribution in [-0.2, 0) is 11.2 Å². The van der Waals surface area contributed by atoms with Crippen LogP contribution >= 0.6 is 11.3 Å². The Morgan fingerprint density at radius 3 is 2.72 bits per heavy atom. The molecule has 132 valence electrons. The van der Waals surface area contributed by atoms with E-state index in [4.69, 9.17) is 4.98 Å². The normalized spacial score (nSPS) is 14.6. The first kappa shape index (κ1) is 17.6. The quantitative estimate of drug-likeness (QED) is 0.848. The summed E-state index contributed by atoms with van der Waals surface area (Å²) < 4.78 is 1.03. The third-order valence-electron chi connectivity index (χ3n) is 4.48. The van der Waals surface area contributed by atoms with E-state index in [0.717, 1.165) is 45.7 Å². The van der Waals surface area contributed by atoms with Gasteiger partial charge in [0.25, 0.3) is 5.91 Å². The van der Waals surface area contributed by atoms with Crippen molar-refractivity contribution in [3.63, 3.8) is 0 Å². The Hall–Kier alpha value is -2.21. The van der Waals surface area contributed by atoms with Gasteiger partial charge < -0.3 is 9.80 Å². The van der Waals surface area contributed by atoms with Crippen molar-refractivity contribution in [2.24, 2.45) is 0 Å². The van der Waals surface area contributed by atoms with E-state index in [0.29, 0.717) is 12.1 Å². The molecule has 1 aromatic heterocycles. The first-order valence-corrected chi connectivity index (χ1v) is 9.32. The largest absolute Gasteiger partial charge is 0.345 e. The van der Waals surface area contributed by atoms with E-state index in [1.165, 1.54) is 0 Å². The summed E-state index contributed by atoms with van der Waals surface area (Å²) in [6.07, 6.45) is 3.86. The summed E-state index contributed by atoms with van der Waals surface area (Å²) in [4.78, 5) is 32.3. The fourth-order valence-corrected chi connectivity index (χ4v) is 4.14. The van der Waals surface area contributed by atoms with Crippen LogP contribution in [0.2, 0.25) is 0 Å². The zero-order valence-corrected chi connectivity index (χ0v) is 15.9. The van der Waals surface area contributed by atoms with E-state index < -0.39 is 0 Å². The van der Waals surface area contributed by atoms with Gasteiger partial charge >= 0.3 is 0 Å². The second-order valence-corrected chi connectivity index (χ2v) is 7.54. The molecule has 0 aliphatic carbocycles. The average molecular weight is 357 g/mol. The van der Waals surface area contributed by atoms with Crippen molar-refractivity contribution in [1.82, 2.24) is 14.8 Å². The predicted octanol–water partition coefficient (Wildman–Crippen LogP) is 3.20. The minimum absolute atomic E-state index is 0.00573. The highest BCUT2D eigenvalue weighted by Crippen LogP contribution is 2.32. The van der Waals surface area contributed by atoms with E-state index in [1.807, 2.05) is 17.0 Å². The molecule has 0 unspecified atom stereocenters. The summed E-state index contributed by atoms with van der Waals surface area (Å²) in [6, 6.07) is 3.88. The number of hydrogen-bond donors (Lipinski definition) is 0. The van der Waals surface area contributed by atoms with Gasteiger partial charge in [-0.25, -0.2) is 4.98 Å². The molecule has 0 spiro atoms. The monoisotopic (exact) mass is 357 g/mol. The van der Waals surface area contributed by atoms with Crippen LogP contribution in [-0.4, -0.2) is 53.8 Å². The van der Waals surface area contributed by atoms with Gasteiger partial charge in [-0.15, -0.1) is 11.3 Å². The van der Waals surface area contributed by atoms with Crippen molar-refractivity contribution in [3.05, 3.63) is 34.3 Å². The lowest BCUT2D eigenvalue weighted by Crippen LogP contribution is -2.33. The van der Waals surface area contributed by atoms with Crippen LogP contribution in [0.3, 0.4) is 0 Å². The molecule has 0 saturated carbocycles. The maximum Gasteiger partial charge on any atom is 0.253 e. The van der Waals surface area contributed by atoms with Crippen molar-refractivity contribution in [1.29, 1.82) is 0 Å². The second kappa shape index (κ2) is 6.96. The molecule has 0 fully saturated rings. The number of amides is 2. The van der Waals surface area contributed by atoms with Crippen LogP contribution in [0.1, 0.15) is 41.2 Å².